The fraction of sp³-hybridized carbons (Fsp3) is 0.625. The SMILES string of the molecule is CCCCOc1c(Br)cc(Br)c(B2OC(C)(C)C(C)(C)O2)c1F. The van der Waals surface area contributed by atoms with E-state index in [0.29, 0.717) is 21.0 Å². The van der Waals surface area contributed by atoms with Gasteiger partial charge in [-0.15, -0.1) is 0 Å². The average molecular weight is 452 g/mol. The van der Waals surface area contributed by atoms with Crippen LogP contribution in [0, 0.1) is 5.82 Å². The Balaban J connectivity index is 2.38. The van der Waals surface area contributed by atoms with Crippen LogP contribution in [-0.4, -0.2) is 24.9 Å². The van der Waals surface area contributed by atoms with Gasteiger partial charge in [0.25, 0.3) is 0 Å². The van der Waals surface area contributed by atoms with Crippen LogP contribution < -0.4 is 10.2 Å². The number of rotatable bonds is 5. The van der Waals surface area contributed by atoms with Gasteiger partial charge in [-0.3, -0.25) is 0 Å². The molecule has 0 spiro atoms. The summed E-state index contributed by atoms with van der Waals surface area (Å²) in [5, 5.41) is 0. The molecule has 1 aromatic rings. The van der Waals surface area contributed by atoms with Crippen molar-refractivity contribution in [3.63, 3.8) is 0 Å². The highest BCUT2D eigenvalue weighted by Gasteiger charge is 2.53. The zero-order chi connectivity index (χ0) is 17.4. The lowest BCUT2D eigenvalue weighted by molar-refractivity contribution is 0.00578. The molecule has 0 radical (unpaired) electrons. The topological polar surface area (TPSA) is 27.7 Å². The second kappa shape index (κ2) is 7.02. The van der Waals surface area contributed by atoms with Crippen LogP contribution in [0.25, 0.3) is 0 Å². The fourth-order valence-corrected chi connectivity index (χ4v) is 3.63. The van der Waals surface area contributed by atoms with Crippen LogP contribution in [0.15, 0.2) is 15.0 Å². The van der Waals surface area contributed by atoms with E-state index >= 15 is 4.39 Å². The molecule has 0 unspecified atom stereocenters. The first kappa shape index (κ1) is 19.2. The third-order valence-corrected chi connectivity index (χ3v) is 5.64. The molecule has 0 aliphatic carbocycles. The first-order valence-electron chi connectivity index (χ1n) is 7.76. The number of halogens is 3. The molecule has 0 N–H and O–H groups in total. The Hall–Kier alpha value is -0.105. The van der Waals surface area contributed by atoms with E-state index < -0.39 is 24.1 Å². The van der Waals surface area contributed by atoms with Gasteiger partial charge in [0.1, 0.15) is 0 Å². The molecule has 3 nitrogen and oxygen atoms in total. The third-order valence-electron chi connectivity index (χ3n) is 4.40. The van der Waals surface area contributed by atoms with Gasteiger partial charge in [0.2, 0.25) is 0 Å². The molecule has 7 heteroatoms. The minimum atomic E-state index is -0.781. The molecule has 1 heterocycles. The van der Waals surface area contributed by atoms with Gasteiger partial charge in [-0.05, 0) is 56.1 Å². The standard InChI is InChI=1S/C16H22BBr2FO3/c1-6-7-8-21-14-11(19)9-10(18)12(13(14)20)17-22-15(2,3)16(4,5)23-17/h9H,6-8H2,1-5H3. The summed E-state index contributed by atoms with van der Waals surface area (Å²) >= 11 is 6.77. The molecule has 2 rings (SSSR count). The third kappa shape index (κ3) is 3.78. The van der Waals surface area contributed by atoms with E-state index in [4.69, 9.17) is 14.0 Å². The van der Waals surface area contributed by atoms with E-state index in [1.165, 1.54) is 0 Å². The lowest BCUT2D eigenvalue weighted by Crippen LogP contribution is -2.41. The van der Waals surface area contributed by atoms with Crippen LogP contribution in [-0.2, 0) is 9.31 Å². The Labute approximate surface area is 154 Å². The number of benzene rings is 1. The minimum absolute atomic E-state index is 0.200. The maximum atomic E-state index is 15.0. The van der Waals surface area contributed by atoms with Crippen molar-refractivity contribution in [1.82, 2.24) is 0 Å². The van der Waals surface area contributed by atoms with Gasteiger partial charge in [-0.1, -0.05) is 29.3 Å². The molecular formula is C16H22BBr2FO3. The number of hydrogen-bond donors (Lipinski definition) is 0. The first-order valence-corrected chi connectivity index (χ1v) is 9.35. The smallest absolute Gasteiger partial charge is 0.489 e. The summed E-state index contributed by atoms with van der Waals surface area (Å²) in [5.74, 6) is -0.257. The largest absolute Gasteiger partial charge is 0.499 e. The summed E-state index contributed by atoms with van der Waals surface area (Å²) < 4.78 is 33.7. The van der Waals surface area contributed by atoms with E-state index in [1.54, 1.807) is 6.07 Å². The highest BCUT2D eigenvalue weighted by atomic mass is 79.9. The lowest BCUT2D eigenvalue weighted by atomic mass is 9.78. The summed E-state index contributed by atoms with van der Waals surface area (Å²) in [4.78, 5) is 0. The normalized spacial score (nSPS) is 19.2. The zero-order valence-electron chi connectivity index (χ0n) is 14.1. The van der Waals surface area contributed by atoms with E-state index in [0.717, 1.165) is 12.8 Å². The molecule has 1 fully saturated rings. The molecule has 0 saturated carbocycles. The molecule has 0 aromatic heterocycles. The van der Waals surface area contributed by atoms with Crippen molar-refractivity contribution in [1.29, 1.82) is 0 Å². The predicted molar refractivity (Wildman–Crippen MR) is 97.9 cm³/mol. The molecule has 0 amide bonds. The average Bonchev–Trinajstić information content (AvgIpc) is 2.61. The highest BCUT2D eigenvalue weighted by Crippen LogP contribution is 2.39. The van der Waals surface area contributed by atoms with Gasteiger partial charge < -0.3 is 14.0 Å². The Morgan fingerprint density at radius 1 is 1.13 bits per heavy atom. The summed E-state index contributed by atoms with van der Waals surface area (Å²) in [7, 11) is -0.781. The second-order valence-electron chi connectivity index (χ2n) is 6.69. The quantitative estimate of drug-likeness (QED) is 0.474. The van der Waals surface area contributed by atoms with E-state index in [9.17, 15) is 0 Å². The maximum Gasteiger partial charge on any atom is 0.499 e. The van der Waals surface area contributed by atoms with Crippen molar-refractivity contribution in [2.45, 2.75) is 58.7 Å². The lowest BCUT2D eigenvalue weighted by Gasteiger charge is -2.32. The van der Waals surface area contributed by atoms with Gasteiger partial charge in [0, 0.05) is 9.94 Å². The zero-order valence-corrected chi connectivity index (χ0v) is 17.3. The monoisotopic (exact) mass is 450 g/mol. The molecular weight excluding hydrogens is 430 g/mol. The van der Waals surface area contributed by atoms with Crippen molar-refractivity contribution in [2.24, 2.45) is 0 Å². The Bertz CT molecular complexity index is 577. The van der Waals surface area contributed by atoms with Gasteiger partial charge in [0.05, 0.1) is 22.3 Å². The van der Waals surface area contributed by atoms with E-state index in [1.807, 2.05) is 27.7 Å². The van der Waals surface area contributed by atoms with Crippen molar-refractivity contribution >= 4 is 44.4 Å². The van der Waals surface area contributed by atoms with Crippen molar-refractivity contribution in [2.75, 3.05) is 6.61 Å². The molecule has 1 aliphatic rings. The molecule has 1 aliphatic heterocycles. The summed E-state index contributed by atoms with van der Waals surface area (Å²) in [6.07, 6.45) is 1.85. The van der Waals surface area contributed by atoms with Gasteiger partial charge >= 0.3 is 7.12 Å². The molecule has 1 saturated heterocycles. The van der Waals surface area contributed by atoms with Crippen LogP contribution in [0.5, 0.6) is 5.75 Å². The van der Waals surface area contributed by atoms with Gasteiger partial charge in [-0.25, -0.2) is 4.39 Å². The van der Waals surface area contributed by atoms with Crippen LogP contribution in [0.1, 0.15) is 47.5 Å². The highest BCUT2D eigenvalue weighted by molar-refractivity contribution is 9.11. The predicted octanol–water partition coefficient (Wildman–Crippen LogP) is 4.83. The molecule has 128 valence electrons. The van der Waals surface area contributed by atoms with E-state index in [2.05, 4.69) is 38.8 Å². The molecule has 23 heavy (non-hydrogen) atoms. The molecule has 1 aromatic carbocycles. The Morgan fingerprint density at radius 2 is 1.70 bits per heavy atom. The second-order valence-corrected chi connectivity index (χ2v) is 8.40. The van der Waals surface area contributed by atoms with Crippen LogP contribution in [0.4, 0.5) is 4.39 Å². The van der Waals surface area contributed by atoms with E-state index in [-0.39, 0.29) is 5.75 Å². The Morgan fingerprint density at radius 3 is 2.22 bits per heavy atom. The Kier molecular flexibility index (Phi) is 5.87. The van der Waals surface area contributed by atoms with Crippen molar-refractivity contribution < 1.29 is 18.4 Å². The summed E-state index contributed by atoms with van der Waals surface area (Å²) in [5.41, 5.74) is -0.724. The summed E-state index contributed by atoms with van der Waals surface area (Å²) in [6.45, 7) is 10.3. The maximum absolute atomic E-state index is 15.0. The molecule has 0 bridgehead atoms. The summed E-state index contributed by atoms with van der Waals surface area (Å²) in [6, 6.07) is 1.77. The number of hydrogen-bond acceptors (Lipinski definition) is 3. The number of ether oxygens (including phenoxy) is 1. The fourth-order valence-electron chi connectivity index (χ4n) is 2.21. The van der Waals surface area contributed by atoms with Crippen molar-refractivity contribution in [3.8, 4) is 5.75 Å². The molecule has 0 atom stereocenters. The van der Waals surface area contributed by atoms with Gasteiger partial charge in [-0.2, -0.15) is 0 Å². The van der Waals surface area contributed by atoms with Gasteiger partial charge in [0.15, 0.2) is 11.6 Å². The van der Waals surface area contributed by atoms with Crippen LogP contribution >= 0.6 is 31.9 Å². The van der Waals surface area contributed by atoms with Crippen LogP contribution in [0.2, 0.25) is 0 Å². The number of unbranched alkanes of at least 4 members (excludes halogenated alkanes) is 1. The minimum Gasteiger partial charge on any atom is -0.489 e. The van der Waals surface area contributed by atoms with Crippen molar-refractivity contribution in [3.05, 3.63) is 20.8 Å². The first-order chi connectivity index (χ1) is 10.6. The van der Waals surface area contributed by atoms with Crippen LogP contribution in [0.3, 0.4) is 0 Å².